The second kappa shape index (κ2) is 8.08. The predicted octanol–water partition coefficient (Wildman–Crippen LogP) is 3.27. The van der Waals surface area contributed by atoms with E-state index < -0.39 is 11.5 Å². The fraction of sp³-hybridized carbons (Fsp3) is 0.750. The zero-order valence-corrected chi connectivity index (χ0v) is 12.7. The van der Waals surface area contributed by atoms with Crippen molar-refractivity contribution in [3.05, 3.63) is 12.2 Å². The zero-order valence-electron chi connectivity index (χ0n) is 12.7. The van der Waals surface area contributed by atoms with Gasteiger partial charge in [0, 0.05) is 11.5 Å². The third kappa shape index (κ3) is 4.99. The molecular weight excluding hydrogens is 254 g/mol. The van der Waals surface area contributed by atoms with Gasteiger partial charge in [-0.3, -0.25) is 9.59 Å². The summed E-state index contributed by atoms with van der Waals surface area (Å²) in [5.74, 6) is -0.800. The van der Waals surface area contributed by atoms with Gasteiger partial charge in [-0.05, 0) is 44.9 Å². The fourth-order valence-corrected chi connectivity index (χ4v) is 2.80. The first kappa shape index (κ1) is 16.7. The van der Waals surface area contributed by atoms with E-state index in [2.05, 4.69) is 17.5 Å². The molecule has 20 heavy (non-hydrogen) atoms. The van der Waals surface area contributed by atoms with Gasteiger partial charge in [0.1, 0.15) is 0 Å². The minimum absolute atomic E-state index is 0.00162. The van der Waals surface area contributed by atoms with Crippen LogP contribution >= 0.6 is 0 Å². The Balaban J connectivity index is 2.69. The average Bonchev–Trinajstić information content (AvgIpc) is 2.36. The first-order chi connectivity index (χ1) is 9.53. The minimum Gasteiger partial charge on any atom is -0.481 e. The topological polar surface area (TPSA) is 66.4 Å². The summed E-state index contributed by atoms with van der Waals surface area (Å²) in [4.78, 5) is 23.5. The van der Waals surface area contributed by atoms with E-state index >= 15 is 0 Å². The number of nitrogens with one attached hydrogen (secondary N) is 1. The molecule has 1 amide bonds. The highest BCUT2D eigenvalue weighted by molar-refractivity contribution is 5.80. The Kier molecular flexibility index (Phi) is 6.76. The summed E-state index contributed by atoms with van der Waals surface area (Å²) in [6.07, 6.45) is 10.4. The molecule has 2 N–H and O–H groups in total. The first-order valence-electron chi connectivity index (χ1n) is 7.72. The molecule has 4 nitrogen and oxygen atoms in total. The van der Waals surface area contributed by atoms with Gasteiger partial charge in [0.25, 0.3) is 0 Å². The van der Waals surface area contributed by atoms with Crippen LogP contribution in [0.5, 0.6) is 0 Å². The third-order valence-corrected chi connectivity index (χ3v) is 4.37. The quantitative estimate of drug-likeness (QED) is 0.734. The second-order valence-electron chi connectivity index (χ2n) is 5.72. The van der Waals surface area contributed by atoms with E-state index in [0.29, 0.717) is 12.8 Å². The predicted molar refractivity (Wildman–Crippen MR) is 79.4 cm³/mol. The molecule has 0 spiro atoms. The number of amides is 1. The molecule has 0 bridgehead atoms. The molecule has 0 aromatic rings. The third-order valence-electron chi connectivity index (χ3n) is 4.37. The first-order valence-corrected chi connectivity index (χ1v) is 7.72. The van der Waals surface area contributed by atoms with E-state index in [1.807, 2.05) is 13.8 Å². The van der Waals surface area contributed by atoms with Gasteiger partial charge in [-0.25, -0.2) is 0 Å². The summed E-state index contributed by atoms with van der Waals surface area (Å²) in [5.41, 5.74) is -0.596. The Bertz CT molecular complexity index is 359. The number of hydrogen-bond donors (Lipinski definition) is 2. The fourth-order valence-electron chi connectivity index (χ4n) is 2.80. The largest absolute Gasteiger partial charge is 0.481 e. The molecule has 0 unspecified atom stereocenters. The molecule has 0 radical (unpaired) electrons. The van der Waals surface area contributed by atoms with Crippen molar-refractivity contribution in [2.45, 2.75) is 70.8 Å². The molecule has 1 atom stereocenters. The molecule has 0 heterocycles. The maximum Gasteiger partial charge on any atom is 0.305 e. The van der Waals surface area contributed by atoms with E-state index in [-0.39, 0.29) is 18.2 Å². The van der Waals surface area contributed by atoms with Crippen LogP contribution in [0.1, 0.15) is 65.2 Å². The Morgan fingerprint density at radius 3 is 2.45 bits per heavy atom. The van der Waals surface area contributed by atoms with Crippen LogP contribution in [0.2, 0.25) is 0 Å². The summed E-state index contributed by atoms with van der Waals surface area (Å²) in [5, 5.41) is 12.1. The van der Waals surface area contributed by atoms with Crippen LogP contribution < -0.4 is 5.32 Å². The van der Waals surface area contributed by atoms with Crippen LogP contribution in [0.15, 0.2) is 12.2 Å². The zero-order chi connectivity index (χ0) is 15.0. The van der Waals surface area contributed by atoms with E-state index in [4.69, 9.17) is 5.11 Å². The lowest BCUT2D eigenvalue weighted by atomic mass is 9.86. The Morgan fingerprint density at radius 1 is 1.20 bits per heavy atom. The highest BCUT2D eigenvalue weighted by atomic mass is 16.4. The van der Waals surface area contributed by atoms with Crippen LogP contribution in [0.4, 0.5) is 0 Å². The van der Waals surface area contributed by atoms with E-state index in [1.54, 1.807) is 0 Å². The van der Waals surface area contributed by atoms with Crippen LogP contribution in [0.3, 0.4) is 0 Å². The molecule has 0 aliphatic heterocycles. The molecule has 0 aromatic carbocycles. The molecule has 0 fully saturated rings. The smallest absolute Gasteiger partial charge is 0.305 e. The number of carboxylic acids is 1. The summed E-state index contributed by atoms with van der Waals surface area (Å²) in [7, 11) is 0. The van der Waals surface area contributed by atoms with Crippen LogP contribution in [0.25, 0.3) is 0 Å². The molecule has 4 heteroatoms. The van der Waals surface area contributed by atoms with Crippen molar-refractivity contribution < 1.29 is 14.7 Å². The highest BCUT2D eigenvalue weighted by Crippen LogP contribution is 2.24. The Morgan fingerprint density at radius 2 is 1.85 bits per heavy atom. The van der Waals surface area contributed by atoms with Crippen LogP contribution in [0, 0.1) is 5.92 Å². The monoisotopic (exact) mass is 281 g/mol. The van der Waals surface area contributed by atoms with Crippen molar-refractivity contribution in [1.82, 2.24) is 5.32 Å². The molecule has 0 saturated heterocycles. The van der Waals surface area contributed by atoms with Crippen molar-refractivity contribution in [2.75, 3.05) is 0 Å². The number of rotatable bonds is 6. The van der Waals surface area contributed by atoms with Crippen LogP contribution in [-0.2, 0) is 9.59 Å². The molecule has 114 valence electrons. The van der Waals surface area contributed by atoms with Crippen molar-refractivity contribution in [1.29, 1.82) is 0 Å². The van der Waals surface area contributed by atoms with Gasteiger partial charge in [-0.1, -0.05) is 26.0 Å². The molecular formula is C16H27NO3. The normalized spacial score (nSPS) is 20.0. The highest BCUT2D eigenvalue weighted by Gasteiger charge is 2.33. The molecule has 0 saturated carbocycles. The molecule has 1 aliphatic carbocycles. The number of carboxylic acid groups (broad SMARTS) is 1. The second-order valence-corrected chi connectivity index (χ2v) is 5.72. The standard InChI is InChI=1S/C16H27NO3/c1-3-16(4-2,12-14(18)19)17-15(20)13-10-8-6-5-7-9-11-13/h5-6,13H,3-4,7-12H2,1-2H3,(H,17,20)(H,18,19)/t13-/m1/s1. The van der Waals surface area contributed by atoms with E-state index in [0.717, 1.165) is 32.1 Å². The van der Waals surface area contributed by atoms with Gasteiger partial charge in [0.15, 0.2) is 0 Å². The number of hydrogen-bond acceptors (Lipinski definition) is 2. The van der Waals surface area contributed by atoms with Crippen molar-refractivity contribution in [3.8, 4) is 0 Å². The minimum atomic E-state index is -0.852. The summed E-state index contributed by atoms with van der Waals surface area (Å²) >= 11 is 0. The Hall–Kier alpha value is -1.32. The van der Waals surface area contributed by atoms with Gasteiger partial charge < -0.3 is 10.4 Å². The van der Waals surface area contributed by atoms with Crippen molar-refractivity contribution >= 4 is 11.9 Å². The number of allylic oxidation sites excluding steroid dienone is 2. The van der Waals surface area contributed by atoms with E-state index in [1.165, 1.54) is 0 Å². The van der Waals surface area contributed by atoms with E-state index in [9.17, 15) is 9.59 Å². The van der Waals surface area contributed by atoms with Gasteiger partial charge in [-0.15, -0.1) is 0 Å². The molecule has 1 rings (SSSR count). The van der Waals surface area contributed by atoms with Crippen molar-refractivity contribution in [3.63, 3.8) is 0 Å². The van der Waals surface area contributed by atoms with Crippen LogP contribution in [-0.4, -0.2) is 22.5 Å². The van der Waals surface area contributed by atoms with Crippen molar-refractivity contribution in [2.24, 2.45) is 5.92 Å². The summed E-state index contributed by atoms with van der Waals surface area (Å²) in [6, 6.07) is 0. The van der Waals surface area contributed by atoms with Gasteiger partial charge in [0.2, 0.25) is 5.91 Å². The number of carbonyl (C=O) groups excluding carboxylic acids is 1. The molecule has 1 aliphatic rings. The lowest BCUT2D eigenvalue weighted by Crippen LogP contribution is -2.51. The summed E-state index contributed by atoms with van der Waals surface area (Å²) < 4.78 is 0. The van der Waals surface area contributed by atoms with Gasteiger partial charge in [0.05, 0.1) is 6.42 Å². The maximum atomic E-state index is 12.4. The van der Waals surface area contributed by atoms with Gasteiger partial charge >= 0.3 is 5.97 Å². The maximum absolute atomic E-state index is 12.4. The number of carbonyl (C=O) groups is 2. The average molecular weight is 281 g/mol. The molecule has 0 aromatic heterocycles. The van der Waals surface area contributed by atoms with Gasteiger partial charge in [-0.2, -0.15) is 0 Å². The lowest BCUT2D eigenvalue weighted by Gasteiger charge is -2.33. The lowest BCUT2D eigenvalue weighted by molar-refractivity contribution is -0.139. The Labute approximate surface area is 121 Å². The number of aliphatic carboxylic acids is 1. The summed E-state index contributed by atoms with van der Waals surface area (Å²) in [6.45, 7) is 3.88. The SMILES string of the molecule is CCC(CC)(CC(=O)O)NC(=O)[C@@H]1CCC=CCCC1.